The highest BCUT2D eigenvalue weighted by Gasteiger charge is 2.22. The van der Waals surface area contributed by atoms with Crippen molar-refractivity contribution in [2.24, 2.45) is 5.10 Å². The number of nitro groups is 1. The van der Waals surface area contributed by atoms with Gasteiger partial charge >= 0.3 is 5.69 Å². The van der Waals surface area contributed by atoms with Crippen molar-refractivity contribution in [2.45, 2.75) is 0 Å². The molecule has 0 atom stereocenters. The molecule has 4 aromatic carbocycles. The number of aromatic nitrogens is 2. The van der Waals surface area contributed by atoms with E-state index >= 15 is 0 Å². The Bertz CT molecular complexity index is 2140. The van der Waals surface area contributed by atoms with Crippen LogP contribution in [-0.4, -0.2) is 33.3 Å². The van der Waals surface area contributed by atoms with Crippen molar-refractivity contribution in [3.63, 3.8) is 0 Å². The summed E-state index contributed by atoms with van der Waals surface area (Å²) in [5.74, 6) is -0.943. The number of amides is 1. The van der Waals surface area contributed by atoms with Gasteiger partial charge in [-0.25, -0.2) is 9.37 Å². The molecule has 218 valence electrons. The van der Waals surface area contributed by atoms with Crippen LogP contribution >= 0.6 is 15.9 Å². The number of anilines is 1. The van der Waals surface area contributed by atoms with Gasteiger partial charge in [-0.1, -0.05) is 36.4 Å². The first kappa shape index (κ1) is 28.4. The normalized spacial score (nSPS) is 11.3. The van der Waals surface area contributed by atoms with Gasteiger partial charge in [0.05, 0.1) is 26.5 Å². The molecule has 0 saturated carbocycles. The predicted octanol–water partition coefficient (Wildman–Crippen LogP) is 6.52. The maximum Gasteiger partial charge on any atom is 0.312 e. The van der Waals surface area contributed by atoms with Crippen LogP contribution in [-0.2, 0) is 4.79 Å². The molecule has 6 rings (SSSR count). The maximum atomic E-state index is 13.5. The quantitative estimate of drug-likeness (QED) is 0.112. The van der Waals surface area contributed by atoms with Crippen LogP contribution in [0.25, 0.3) is 33.5 Å². The molecule has 0 aliphatic carbocycles. The summed E-state index contributed by atoms with van der Waals surface area (Å²) >= 11 is 3.27. The number of carbonyl (C=O) groups is 1. The number of carbonyl (C=O) groups excluding carboxylic acids is 1. The number of benzene rings is 4. The standard InChI is InChI=1S/C31H19BrFN5O6/c32-23-12-18(13-25(38(41)42)29(23)43-17-28(39)35-21-8-5-7-20(33)15-21)16-34-37-30(27-14-19-6-1-4-11-26(19)44-27)36-24-10-3-2-9-22(24)31(37)40/h1-16H,17H2,(H,35,39). The van der Waals surface area contributed by atoms with E-state index in [4.69, 9.17) is 9.15 Å². The summed E-state index contributed by atoms with van der Waals surface area (Å²) in [7, 11) is 0. The Morgan fingerprint density at radius 3 is 2.68 bits per heavy atom. The summed E-state index contributed by atoms with van der Waals surface area (Å²) < 4.78 is 26.1. The Morgan fingerprint density at radius 2 is 1.89 bits per heavy atom. The lowest BCUT2D eigenvalue weighted by Crippen LogP contribution is -2.21. The molecule has 44 heavy (non-hydrogen) atoms. The Hall–Kier alpha value is -5.69. The molecular weight excluding hydrogens is 637 g/mol. The highest BCUT2D eigenvalue weighted by molar-refractivity contribution is 9.10. The lowest BCUT2D eigenvalue weighted by Gasteiger charge is -2.10. The summed E-state index contributed by atoms with van der Waals surface area (Å²) in [4.78, 5) is 41.8. The second-order valence-electron chi connectivity index (χ2n) is 9.42. The van der Waals surface area contributed by atoms with Crippen LogP contribution in [0.4, 0.5) is 15.8 Å². The first-order valence-corrected chi connectivity index (χ1v) is 13.8. The van der Waals surface area contributed by atoms with E-state index in [1.165, 1.54) is 36.5 Å². The van der Waals surface area contributed by atoms with Gasteiger partial charge in [-0.3, -0.25) is 19.7 Å². The number of furan rings is 1. The summed E-state index contributed by atoms with van der Waals surface area (Å²) in [5, 5.41) is 19.9. The van der Waals surface area contributed by atoms with Crippen molar-refractivity contribution in [1.82, 2.24) is 9.66 Å². The topological polar surface area (TPSA) is 142 Å². The molecule has 0 aliphatic rings. The minimum absolute atomic E-state index is 0.138. The zero-order valence-corrected chi connectivity index (χ0v) is 24.0. The van der Waals surface area contributed by atoms with E-state index < -0.39 is 34.5 Å². The number of hydrogen-bond donors (Lipinski definition) is 1. The molecule has 0 unspecified atom stereocenters. The number of nitrogens with one attached hydrogen (secondary N) is 1. The molecule has 1 amide bonds. The summed E-state index contributed by atoms with van der Waals surface area (Å²) in [6.45, 7) is -0.581. The van der Waals surface area contributed by atoms with Crippen LogP contribution < -0.4 is 15.6 Å². The zero-order chi connectivity index (χ0) is 30.8. The minimum Gasteiger partial charge on any atom is -0.476 e. The van der Waals surface area contributed by atoms with Gasteiger partial charge in [-0.2, -0.15) is 9.78 Å². The highest BCUT2D eigenvalue weighted by atomic mass is 79.9. The number of ether oxygens (including phenoxy) is 1. The number of rotatable bonds is 8. The SMILES string of the molecule is O=C(COc1c(Br)cc(C=Nn2c(-c3cc4ccccc4o3)nc3ccccc3c2=O)cc1[N+](=O)[O-])Nc1cccc(F)c1. The van der Waals surface area contributed by atoms with Gasteiger partial charge in [0.25, 0.3) is 11.5 Å². The fourth-order valence-corrected chi connectivity index (χ4v) is 5.04. The van der Waals surface area contributed by atoms with Gasteiger partial charge in [0.15, 0.2) is 12.4 Å². The Morgan fingerprint density at radius 1 is 1.09 bits per heavy atom. The molecule has 6 aromatic rings. The van der Waals surface area contributed by atoms with Crippen LogP contribution in [0.5, 0.6) is 5.75 Å². The van der Waals surface area contributed by atoms with Crippen molar-refractivity contribution in [3.05, 3.63) is 127 Å². The molecule has 2 aromatic heterocycles. The Kier molecular flexibility index (Phi) is 7.69. The minimum atomic E-state index is -0.675. The summed E-state index contributed by atoms with van der Waals surface area (Å²) in [5.41, 5.74) is 0.567. The lowest BCUT2D eigenvalue weighted by molar-refractivity contribution is -0.385. The average molecular weight is 656 g/mol. The largest absolute Gasteiger partial charge is 0.476 e. The molecule has 11 nitrogen and oxygen atoms in total. The van der Waals surface area contributed by atoms with Gasteiger partial charge in [0, 0.05) is 22.7 Å². The number of fused-ring (bicyclic) bond motifs is 2. The van der Waals surface area contributed by atoms with Crippen LogP contribution in [0, 0.1) is 15.9 Å². The number of nitrogens with zero attached hydrogens (tertiary/aromatic N) is 4. The van der Waals surface area contributed by atoms with E-state index in [0.717, 1.165) is 16.1 Å². The van der Waals surface area contributed by atoms with E-state index in [2.05, 4.69) is 31.3 Å². The molecule has 0 spiro atoms. The van der Waals surface area contributed by atoms with Crippen LogP contribution in [0.15, 0.2) is 110 Å². The lowest BCUT2D eigenvalue weighted by atomic mass is 10.2. The Labute approximate surface area is 255 Å². The molecule has 0 bridgehead atoms. The molecular formula is C31H19BrFN5O6. The van der Waals surface area contributed by atoms with Gasteiger partial charge in [0.1, 0.15) is 11.4 Å². The fraction of sp³-hybridized carbons (Fsp3) is 0.0323. The monoisotopic (exact) mass is 655 g/mol. The molecule has 0 fully saturated rings. The third-order valence-corrected chi connectivity index (χ3v) is 7.01. The van der Waals surface area contributed by atoms with Crippen molar-refractivity contribution >= 4 is 61.3 Å². The van der Waals surface area contributed by atoms with Crippen molar-refractivity contribution in [1.29, 1.82) is 0 Å². The van der Waals surface area contributed by atoms with Gasteiger partial charge < -0.3 is 14.5 Å². The van der Waals surface area contributed by atoms with E-state index in [1.54, 1.807) is 36.4 Å². The van der Waals surface area contributed by atoms with E-state index in [9.17, 15) is 24.1 Å². The predicted molar refractivity (Wildman–Crippen MR) is 166 cm³/mol. The highest BCUT2D eigenvalue weighted by Crippen LogP contribution is 2.36. The van der Waals surface area contributed by atoms with E-state index in [-0.39, 0.29) is 27.3 Å². The zero-order valence-electron chi connectivity index (χ0n) is 22.4. The number of nitro benzene ring substituents is 1. The van der Waals surface area contributed by atoms with Crippen LogP contribution in [0.1, 0.15) is 5.56 Å². The molecule has 0 aliphatic heterocycles. The van der Waals surface area contributed by atoms with Crippen LogP contribution in [0.3, 0.4) is 0 Å². The van der Waals surface area contributed by atoms with Gasteiger partial charge in [-0.15, -0.1) is 0 Å². The molecule has 13 heteroatoms. The second-order valence-corrected chi connectivity index (χ2v) is 10.3. The first-order chi connectivity index (χ1) is 21.3. The third-order valence-electron chi connectivity index (χ3n) is 6.42. The molecule has 0 saturated heterocycles. The van der Waals surface area contributed by atoms with E-state index in [0.29, 0.717) is 22.2 Å². The van der Waals surface area contributed by atoms with Crippen LogP contribution in [0.2, 0.25) is 0 Å². The average Bonchev–Trinajstić information content (AvgIpc) is 3.44. The smallest absolute Gasteiger partial charge is 0.312 e. The van der Waals surface area contributed by atoms with Gasteiger partial charge in [-0.05, 0) is 64.5 Å². The van der Waals surface area contributed by atoms with Crippen molar-refractivity contribution in [2.75, 3.05) is 11.9 Å². The van der Waals surface area contributed by atoms with Crippen molar-refractivity contribution in [3.8, 4) is 17.3 Å². The Balaban J connectivity index is 1.33. The number of hydrogen-bond acceptors (Lipinski definition) is 8. The van der Waals surface area contributed by atoms with Crippen molar-refractivity contribution < 1.29 is 23.3 Å². The summed E-state index contributed by atoms with van der Waals surface area (Å²) in [6.07, 6.45) is 1.27. The number of halogens is 2. The second kappa shape index (κ2) is 11.9. The van der Waals surface area contributed by atoms with E-state index in [1.807, 2.05) is 18.2 Å². The van der Waals surface area contributed by atoms with Gasteiger partial charge in [0.2, 0.25) is 11.6 Å². The summed E-state index contributed by atoms with van der Waals surface area (Å²) in [6, 6.07) is 23.8. The molecule has 0 radical (unpaired) electrons. The first-order valence-electron chi connectivity index (χ1n) is 13.0. The fourth-order valence-electron chi connectivity index (χ4n) is 4.46. The molecule has 1 N–H and O–H groups in total. The maximum absolute atomic E-state index is 13.5. The number of para-hydroxylation sites is 2. The third kappa shape index (κ3) is 5.80. The molecule has 2 heterocycles.